The van der Waals surface area contributed by atoms with Crippen molar-refractivity contribution in [1.82, 2.24) is 19.8 Å². The fourth-order valence-electron chi connectivity index (χ4n) is 2.43. The van der Waals surface area contributed by atoms with Crippen LogP contribution in [0, 0.1) is 6.92 Å². The molecule has 0 atom stereocenters. The van der Waals surface area contributed by atoms with Crippen molar-refractivity contribution in [3.8, 4) is 11.5 Å². The van der Waals surface area contributed by atoms with Crippen molar-refractivity contribution in [2.24, 2.45) is 0 Å². The Balaban J connectivity index is 1.72. The molecule has 2 heterocycles. The lowest BCUT2D eigenvalue weighted by Gasteiger charge is -2.10. The van der Waals surface area contributed by atoms with E-state index in [-0.39, 0.29) is 0 Å². The summed E-state index contributed by atoms with van der Waals surface area (Å²) in [6.45, 7) is 2.69. The zero-order chi connectivity index (χ0) is 16.2. The number of hydrogen-bond acceptors (Lipinski definition) is 6. The number of aryl methyl sites for hydroxylation is 1. The van der Waals surface area contributed by atoms with Gasteiger partial charge < -0.3 is 14.8 Å². The topological polar surface area (TPSA) is 73.6 Å². The summed E-state index contributed by atoms with van der Waals surface area (Å²) in [5.74, 6) is 1.58. The smallest absolute Gasteiger partial charge is 0.200 e. The van der Waals surface area contributed by atoms with E-state index < -0.39 is 0 Å². The zero-order valence-corrected chi connectivity index (χ0v) is 13.4. The Hall–Kier alpha value is -2.83. The van der Waals surface area contributed by atoms with Crippen molar-refractivity contribution in [1.29, 1.82) is 0 Å². The van der Waals surface area contributed by atoms with E-state index in [1.165, 1.54) is 0 Å². The number of fused-ring (bicyclic) bond motifs is 1. The molecule has 0 saturated carbocycles. The van der Waals surface area contributed by atoms with Gasteiger partial charge >= 0.3 is 0 Å². The van der Waals surface area contributed by atoms with Crippen molar-refractivity contribution in [3.05, 3.63) is 41.9 Å². The number of nitrogens with one attached hydrogen (secondary N) is 1. The van der Waals surface area contributed by atoms with E-state index in [9.17, 15) is 0 Å². The Labute approximate surface area is 134 Å². The first kappa shape index (κ1) is 15.1. The van der Waals surface area contributed by atoms with Crippen molar-refractivity contribution in [2.45, 2.75) is 13.3 Å². The largest absolute Gasteiger partial charge is 0.497 e. The first-order valence-electron chi connectivity index (χ1n) is 7.33. The average Bonchev–Trinajstić information content (AvgIpc) is 3.02. The van der Waals surface area contributed by atoms with Crippen LogP contribution in [0.5, 0.6) is 11.5 Å². The monoisotopic (exact) mass is 313 g/mol. The number of aromatic nitrogens is 4. The molecule has 0 aliphatic carbocycles. The highest BCUT2D eigenvalue weighted by Crippen LogP contribution is 2.23. The summed E-state index contributed by atoms with van der Waals surface area (Å²) < 4.78 is 12.3. The number of benzene rings is 1. The Morgan fingerprint density at radius 2 is 1.83 bits per heavy atom. The Morgan fingerprint density at radius 3 is 2.52 bits per heavy atom. The molecule has 0 bridgehead atoms. The Morgan fingerprint density at radius 1 is 1.09 bits per heavy atom. The van der Waals surface area contributed by atoms with Crippen LogP contribution in [0.25, 0.3) is 5.65 Å². The second kappa shape index (κ2) is 6.51. The number of methoxy groups -OCH3 is 2. The molecule has 3 aromatic rings. The molecule has 0 saturated heterocycles. The third-order valence-corrected chi connectivity index (χ3v) is 3.53. The van der Waals surface area contributed by atoms with Gasteiger partial charge in [0.05, 0.1) is 25.6 Å². The lowest BCUT2D eigenvalue weighted by atomic mass is 10.1. The maximum Gasteiger partial charge on any atom is 0.200 e. The van der Waals surface area contributed by atoms with Crippen molar-refractivity contribution < 1.29 is 9.47 Å². The van der Waals surface area contributed by atoms with Crippen LogP contribution < -0.4 is 14.8 Å². The van der Waals surface area contributed by atoms with Crippen LogP contribution >= 0.6 is 0 Å². The predicted octanol–water partition coefficient (Wildman–Crippen LogP) is 2.10. The minimum Gasteiger partial charge on any atom is -0.497 e. The number of nitrogens with zero attached hydrogens (tertiary/aromatic N) is 4. The second-order valence-electron chi connectivity index (χ2n) is 5.20. The molecule has 120 valence electrons. The van der Waals surface area contributed by atoms with Crippen LogP contribution in [0.3, 0.4) is 0 Å². The number of rotatable bonds is 6. The van der Waals surface area contributed by atoms with Crippen molar-refractivity contribution in [2.75, 3.05) is 26.1 Å². The molecule has 7 heteroatoms. The molecule has 0 fully saturated rings. The van der Waals surface area contributed by atoms with Crippen molar-refractivity contribution in [3.63, 3.8) is 0 Å². The summed E-state index contributed by atoms with van der Waals surface area (Å²) >= 11 is 0. The molecule has 1 aromatic carbocycles. The minimum atomic E-state index is 0.721. The number of ether oxygens (including phenoxy) is 2. The van der Waals surface area contributed by atoms with Gasteiger partial charge in [0.15, 0.2) is 0 Å². The standard InChI is InChI=1S/C16H19N5O2/c1-11-6-15(16-19-18-10-21(16)20-11)17-5-4-12-7-13(22-2)9-14(8-12)23-3/h6-10,17H,4-5H2,1-3H3. The highest BCUT2D eigenvalue weighted by atomic mass is 16.5. The van der Waals surface area contributed by atoms with Gasteiger partial charge in [-0.1, -0.05) is 0 Å². The van der Waals surface area contributed by atoms with Gasteiger partial charge in [-0.3, -0.25) is 0 Å². The fourth-order valence-corrected chi connectivity index (χ4v) is 2.43. The summed E-state index contributed by atoms with van der Waals surface area (Å²) in [5.41, 5.74) is 3.68. The van der Waals surface area contributed by atoms with Crippen LogP contribution in [0.15, 0.2) is 30.6 Å². The summed E-state index contributed by atoms with van der Waals surface area (Å²) in [6, 6.07) is 7.85. The molecule has 0 spiro atoms. The predicted molar refractivity (Wildman–Crippen MR) is 87.3 cm³/mol. The SMILES string of the molecule is COc1cc(CCNc2cc(C)nn3cnnc23)cc(OC)c1. The van der Waals surface area contributed by atoms with Gasteiger partial charge in [-0.05, 0) is 37.1 Å². The quantitative estimate of drug-likeness (QED) is 0.751. The highest BCUT2D eigenvalue weighted by molar-refractivity contribution is 5.66. The molecule has 2 aromatic heterocycles. The summed E-state index contributed by atoms with van der Waals surface area (Å²) in [7, 11) is 3.30. The van der Waals surface area contributed by atoms with E-state index >= 15 is 0 Å². The molecule has 0 unspecified atom stereocenters. The summed E-state index contributed by atoms with van der Waals surface area (Å²) in [4.78, 5) is 0. The average molecular weight is 313 g/mol. The maximum atomic E-state index is 5.29. The second-order valence-corrected chi connectivity index (χ2v) is 5.20. The highest BCUT2D eigenvalue weighted by Gasteiger charge is 2.06. The molecule has 23 heavy (non-hydrogen) atoms. The van der Waals surface area contributed by atoms with Gasteiger partial charge in [0.25, 0.3) is 0 Å². The first-order chi connectivity index (χ1) is 11.2. The zero-order valence-electron chi connectivity index (χ0n) is 13.4. The molecule has 0 radical (unpaired) electrons. The first-order valence-corrected chi connectivity index (χ1v) is 7.33. The van der Waals surface area contributed by atoms with Gasteiger partial charge in [-0.15, -0.1) is 10.2 Å². The third-order valence-electron chi connectivity index (χ3n) is 3.53. The van der Waals surface area contributed by atoms with Crippen LogP contribution in [0.1, 0.15) is 11.3 Å². The molecule has 0 aliphatic rings. The molecule has 1 N–H and O–H groups in total. The van der Waals surface area contributed by atoms with E-state index in [0.717, 1.165) is 47.1 Å². The van der Waals surface area contributed by atoms with Crippen LogP contribution in [-0.2, 0) is 6.42 Å². The lowest BCUT2D eigenvalue weighted by molar-refractivity contribution is 0.393. The number of hydrogen-bond donors (Lipinski definition) is 1. The van der Waals surface area contributed by atoms with E-state index in [1.807, 2.05) is 31.2 Å². The van der Waals surface area contributed by atoms with E-state index in [2.05, 4.69) is 20.6 Å². The molecule has 3 rings (SSSR count). The fraction of sp³-hybridized carbons (Fsp3) is 0.312. The van der Waals surface area contributed by atoms with Crippen LogP contribution in [0.2, 0.25) is 0 Å². The van der Waals surface area contributed by atoms with Gasteiger partial charge in [0.1, 0.15) is 17.8 Å². The van der Waals surface area contributed by atoms with Crippen molar-refractivity contribution >= 4 is 11.3 Å². The van der Waals surface area contributed by atoms with E-state index in [0.29, 0.717) is 0 Å². The van der Waals surface area contributed by atoms with Crippen LogP contribution in [0.4, 0.5) is 5.69 Å². The third kappa shape index (κ3) is 3.33. The van der Waals surface area contributed by atoms with E-state index in [4.69, 9.17) is 9.47 Å². The molecule has 0 amide bonds. The minimum absolute atomic E-state index is 0.721. The lowest BCUT2D eigenvalue weighted by Crippen LogP contribution is -2.08. The number of anilines is 1. The molecule has 0 aliphatic heterocycles. The van der Waals surface area contributed by atoms with Gasteiger partial charge in [-0.25, -0.2) is 0 Å². The van der Waals surface area contributed by atoms with Gasteiger partial charge in [-0.2, -0.15) is 9.61 Å². The maximum absolute atomic E-state index is 5.29. The van der Waals surface area contributed by atoms with Gasteiger partial charge in [0, 0.05) is 12.6 Å². The molecular weight excluding hydrogens is 294 g/mol. The summed E-state index contributed by atoms with van der Waals surface area (Å²) in [6.07, 6.45) is 2.43. The summed E-state index contributed by atoms with van der Waals surface area (Å²) in [5, 5.41) is 15.7. The molecule has 7 nitrogen and oxygen atoms in total. The van der Waals surface area contributed by atoms with E-state index in [1.54, 1.807) is 25.1 Å². The molecular formula is C16H19N5O2. The Bertz CT molecular complexity index is 793. The normalized spacial score (nSPS) is 10.7. The van der Waals surface area contributed by atoms with Crippen LogP contribution in [-0.4, -0.2) is 40.6 Å². The van der Waals surface area contributed by atoms with Gasteiger partial charge in [0.2, 0.25) is 5.65 Å². The Kier molecular flexibility index (Phi) is 4.27.